The molecule has 1 aromatic heterocycles. The first-order valence-electron chi connectivity index (χ1n) is 5.86. The van der Waals surface area contributed by atoms with Crippen molar-refractivity contribution in [3.05, 3.63) is 34.5 Å². The molecule has 0 aliphatic rings. The third-order valence-electron chi connectivity index (χ3n) is 2.98. The molecule has 2 rings (SSSR count). The van der Waals surface area contributed by atoms with E-state index in [9.17, 15) is 9.90 Å². The smallest absolute Gasteiger partial charge is 0.339 e. The zero-order valence-electron chi connectivity index (χ0n) is 10.9. The van der Waals surface area contributed by atoms with Gasteiger partial charge in [0.05, 0.1) is 12.6 Å². The summed E-state index contributed by atoms with van der Waals surface area (Å²) in [5, 5.41) is 10.1. The van der Waals surface area contributed by atoms with Crippen LogP contribution < -0.4 is 4.74 Å². The van der Waals surface area contributed by atoms with E-state index in [0.717, 1.165) is 5.39 Å². The number of hydrogen-bond donors (Lipinski definition) is 1. The lowest BCUT2D eigenvalue weighted by Gasteiger charge is -2.15. The first kappa shape index (κ1) is 13.6. The van der Waals surface area contributed by atoms with Crippen LogP contribution in [0.25, 0.3) is 10.9 Å². The number of hydrogen-bond acceptors (Lipinski definition) is 3. The highest BCUT2D eigenvalue weighted by molar-refractivity contribution is 6.33. The molecule has 0 radical (unpaired) electrons. The number of rotatable bonds is 3. The first-order chi connectivity index (χ1) is 8.95. The Labute approximate surface area is 116 Å². The summed E-state index contributed by atoms with van der Waals surface area (Å²) < 4.78 is 5.18. The van der Waals surface area contributed by atoms with Crippen LogP contribution in [0.1, 0.15) is 35.7 Å². The predicted octanol–water partition coefficient (Wildman–Crippen LogP) is 3.72. The third-order valence-corrected chi connectivity index (χ3v) is 3.25. The Hall–Kier alpha value is -1.81. The van der Waals surface area contributed by atoms with Gasteiger partial charge in [-0.1, -0.05) is 25.4 Å². The lowest BCUT2D eigenvalue weighted by Crippen LogP contribution is -2.07. The molecule has 0 saturated heterocycles. The van der Waals surface area contributed by atoms with Gasteiger partial charge in [0.25, 0.3) is 0 Å². The Morgan fingerprint density at radius 1 is 1.42 bits per heavy atom. The second-order valence-electron chi connectivity index (χ2n) is 4.53. The molecule has 5 heteroatoms. The van der Waals surface area contributed by atoms with E-state index in [1.807, 2.05) is 13.8 Å². The highest BCUT2D eigenvalue weighted by atomic mass is 35.5. The van der Waals surface area contributed by atoms with Crippen molar-refractivity contribution in [3.63, 3.8) is 0 Å². The average molecular weight is 280 g/mol. The Kier molecular flexibility index (Phi) is 3.62. The molecule has 19 heavy (non-hydrogen) atoms. The minimum Gasteiger partial charge on any atom is -0.497 e. The molecule has 0 unspecified atom stereocenters. The largest absolute Gasteiger partial charge is 0.497 e. The summed E-state index contributed by atoms with van der Waals surface area (Å²) in [6.07, 6.45) is 0. The molecule has 0 atom stereocenters. The third kappa shape index (κ3) is 2.36. The molecule has 4 nitrogen and oxygen atoms in total. The fourth-order valence-electron chi connectivity index (χ4n) is 2.17. The number of benzene rings is 1. The van der Waals surface area contributed by atoms with Gasteiger partial charge in [-0.15, -0.1) is 0 Å². The zero-order chi connectivity index (χ0) is 14.2. The molecule has 1 N–H and O–H groups in total. The van der Waals surface area contributed by atoms with Crippen LogP contribution in [-0.4, -0.2) is 23.2 Å². The van der Waals surface area contributed by atoms with Crippen molar-refractivity contribution in [2.45, 2.75) is 19.8 Å². The minimum absolute atomic E-state index is 0.0150. The van der Waals surface area contributed by atoms with E-state index in [0.29, 0.717) is 16.8 Å². The number of pyridine rings is 1. The molecule has 2 aromatic rings. The predicted molar refractivity (Wildman–Crippen MR) is 74.4 cm³/mol. The maximum atomic E-state index is 11.4. The summed E-state index contributed by atoms with van der Waals surface area (Å²) in [6, 6.07) is 5.34. The van der Waals surface area contributed by atoms with Gasteiger partial charge in [0.15, 0.2) is 0 Å². The highest BCUT2D eigenvalue weighted by Gasteiger charge is 2.21. The number of halogens is 1. The van der Waals surface area contributed by atoms with Crippen LogP contribution in [-0.2, 0) is 0 Å². The number of aromatic nitrogens is 1. The van der Waals surface area contributed by atoms with Crippen LogP contribution in [0.4, 0.5) is 0 Å². The van der Waals surface area contributed by atoms with Gasteiger partial charge in [-0.25, -0.2) is 9.78 Å². The standard InChI is InChI=1S/C14H14ClNO3/c1-7(2)11-9-6-8(19-3)4-5-10(9)16-13(15)12(11)14(17)18/h4-7H,1-3H3,(H,17,18). The molecule has 0 bridgehead atoms. The van der Waals surface area contributed by atoms with E-state index in [4.69, 9.17) is 16.3 Å². The monoisotopic (exact) mass is 279 g/mol. The number of carbonyl (C=O) groups is 1. The number of ether oxygens (including phenoxy) is 1. The van der Waals surface area contributed by atoms with Crippen molar-refractivity contribution in [3.8, 4) is 5.75 Å². The normalized spacial score (nSPS) is 11.0. The number of fused-ring (bicyclic) bond motifs is 1. The van der Waals surface area contributed by atoms with Gasteiger partial charge in [0.2, 0.25) is 0 Å². The van der Waals surface area contributed by atoms with E-state index < -0.39 is 5.97 Å². The number of aromatic carboxylic acids is 1. The van der Waals surface area contributed by atoms with Gasteiger partial charge in [-0.05, 0) is 29.7 Å². The van der Waals surface area contributed by atoms with E-state index in [2.05, 4.69) is 4.98 Å². The highest BCUT2D eigenvalue weighted by Crippen LogP contribution is 2.33. The quantitative estimate of drug-likeness (QED) is 0.870. The van der Waals surface area contributed by atoms with E-state index in [1.54, 1.807) is 25.3 Å². The van der Waals surface area contributed by atoms with Gasteiger partial charge in [-0.2, -0.15) is 0 Å². The van der Waals surface area contributed by atoms with E-state index in [-0.39, 0.29) is 16.6 Å². The second-order valence-corrected chi connectivity index (χ2v) is 4.89. The Morgan fingerprint density at radius 2 is 2.11 bits per heavy atom. The molecule has 1 aromatic carbocycles. The SMILES string of the molecule is COc1ccc2nc(Cl)c(C(=O)O)c(C(C)C)c2c1. The average Bonchev–Trinajstić information content (AvgIpc) is 2.35. The molecule has 0 aliphatic carbocycles. The maximum Gasteiger partial charge on any atom is 0.339 e. The summed E-state index contributed by atoms with van der Waals surface area (Å²) >= 11 is 6.00. The molecule has 0 saturated carbocycles. The zero-order valence-corrected chi connectivity index (χ0v) is 11.7. The molecular formula is C14H14ClNO3. The van der Waals surface area contributed by atoms with Crippen molar-refractivity contribution in [1.29, 1.82) is 0 Å². The second kappa shape index (κ2) is 5.05. The summed E-state index contributed by atoms with van der Waals surface area (Å²) in [5.41, 5.74) is 1.42. The number of carboxylic acid groups (broad SMARTS) is 1. The van der Waals surface area contributed by atoms with Crippen LogP contribution in [0, 0.1) is 0 Å². The lowest BCUT2D eigenvalue weighted by molar-refractivity contribution is 0.0695. The van der Waals surface area contributed by atoms with Crippen LogP contribution >= 0.6 is 11.6 Å². The molecule has 0 spiro atoms. The first-order valence-corrected chi connectivity index (χ1v) is 6.24. The molecule has 100 valence electrons. The summed E-state index contributed by atoms with van der Waals surface area (Å²) in [4.78, 5) is 15.5. The van der Waals surface area contributed by atoms with Crippen LogP contribution in [0.15, 0.2) is 18.2 Å². The summed E-state index contributed by atoms with van der Waals surface area (Å²) in [6.45, 7) is 3.86. The fourth-order valence-corrected chi connectivity index (χ4v) is 2.44. The summed E-state index contributed by atoms with van der Waals surface area (Å²) in [7, 11) is 1.57. The van der Waals surface area contributed by atoms with Gasteiger partial charge in [-0.3, -0.25) is 0 Å². The Bertz CT molecular complexity index is 653. The van der Waals surface area contributed by atoms with Crippen LogP contribution in [0.3, 0.4) is 0 Å². The van der Waals surface area contributed by atoms with Crippen molar-refractivity contribution < 1.29 is 14.6 Å². The van der Waals surface area contributed by atoms with E-state index in [1.165, 1.54) is 0 Å². The van der Waals surface area contributed by atoms with Crippen molar-refractivity contribution >= 4 is 28.5 Å². The summed E-state index contributed by atoms with van der Waals surface area (Å²) in [5.74, 6) is -0.387. The van der Waals surface area contributed by atoms with Crippen molar-refractivity contribution in [1.82, 2.24) is 4.98 Å². The minimum atomic E-state index is -1.06. The fraction of sp³-hybridized carbons (Fsp3) is 0.286. The Morgan fingerprint density at radius 3 is 2.63 bits per heavy atom. The van der Waals surface area contributed by atoms with Crippen LogP contribution in [0.5, 0.6) is 5.75 Å². The molecule has 1 heterocycles. The molecular weight excluding hydrogens is 266 g/mol. The maximum absolute atomic E-state index is 11.4. The van der Waals surface area contributed by atoms with Crippen LogP contribution in [0.2, 0.25) is 5.15 Å². The van der Waals surface area contributed by atoms with Crippen molar-refractivity contribution in [2.75, 3.05) is 7.11 Å². The molecule has 0 fully saturated rings. The van der Waals surface area contributed by atoms with Gasteiger partial charge in [0.1, 0.15) is 16.5 Å². The molecule has 0 amide bonds. The van der Waals surface area contributed by atoms with E-state index >= 15 is 0 Å². The number of nitrogens with zero attached hydrogens (tertiary/aromatic N) is 1. The Balaban J connectivity index is 2.91. The molecule has 0 aliphatic heterocycles. The lowest BCUT2D eigenvalue weighted by atomic mass is 9.94. The topological polar surface area (TPSA) is 59.4 Å². The van der Waals surface area contributed by atoms with Gasteiger partial charge < -0.3 is 9.84 Å². The number of methoxy groups -OCH3 is 1. The van der Waals surface area contributed by atoms with Gasteiger partial charge in [0, 0.05) is 5.39 Å². The van der Waals surface area contributed by atoms with Gasteiger partial charge >= 0.3 is 5.97 Å². The number of carboxylic acids is 1. The van der Waals surface area contributed by atoms with Crippen molar-refractivity contribution in [2.24, 2.45) is 0 Å².